The normalized spacial score (nSPS) is 22.4. The summed E-state index contributed by atoms with van der Waals surface area (Å²) in [5.74, 6) is 1.68. The number of piperidine rings is 1. The number of hydrogen-bond donors (Lipinski definition) is 4. The van der Waals surface area contributed by atoms with E-state index in [1.165, 1.54) is 37.8 Å². The minimum Gasteiger partial charge on any atom is -0.383 e. The molecule has 3 aliphatic rings. The molecule has 0 aromatic carbocycles. The summed E-state index contributed by atoms with van der Waals surface area (Å²) in [4.78, 5) is 17.6. The zero-order valence-electron chi connectivity index (χ0n) is 26.2. The van der Waals surface area contributed by atoms with Gasteiger partial charge in [-0.2, -0.15) is 5.10 Å². The van der Waals surface area contributed by atoms with Crippen LogP contribution in [0.15, 0.2) is 52.4 Å². The van der Waals surface area contributed by atoms with E-state index in [2.05, 4.69) is 51.5 Å². The lowest BCUT2D eigenvalue weighted by Crippen LogP contribution is -2.45. The van der Waals surface area contributed by atoms with Crippen molar-refractivity contribution in [1.82, 2.24) is 25.1 Å². The molecule has 2 saturated heterocycles. The van der Waals surface area contributed by atoms with E-state index in [-0.39, 0.29) is 5.92 Å². The van der Waals surface area contributed by atoms with Gasteiger partial charge in [0.1, 0.15) is 18.0 Å². The maximum atomic E-state index is 7.41. The number of hydrogen-bond acceptors (Lipinski definition) is 7. The number of nitrogens with one attached hydrogen (secondary N) is 2. The van der Waals surface area contributed by atoms with Gasteiger partial charge in [0.05, 0.1) is 17.6 Å². The molecule has 2 aromatic rings. The van der Waals surface area contributed by atoms with Gasteiger partial charge in [-0.25, -0.2) is 9.98 Å². The Morgan fingerprint density at radius 2 is 1.81 bits per heavy atom. The Hall–Kier alpha value is -3.40. The fourth-order valence-electron chi connectivity index (χ4n) is 6.93. The molecule has 3 atom stereocenters. The Morgan fingerprint density at radius 3 is 2.42 bits per heavy atom. The van der Waals surface area contributed by atoms with E-state index in [0.717, 1.165) is 65.9 Å². The number of H-pyrrole nitrogens is 1. The lowest BCUT2D eigenvalue weighted by molar-refractivity contribution is 0.175. The second kappa shape index (κ2) is 15.9. The van der Waals surface area contributed by atoms with Crippen molar-refractivity contribution in [3.05, 3.63) is 53.9 Å². The van der Waals surface area contributed by atoms with Gasteiger partial charge in [0.2, 0.25) is 0 Å². The molecule has 2 unspecified atom stereocenters. The molecule has 2 bridgehead atoms. The summed E-state index contributed by atoms with van der Waals surface area (Å²) >= 11 is 1.66. The first-order valence-corrected chi connectivity index (χ1v) is 17.1. The molecule has 232 valence electrons. The molecule has 43 heavy (non-hydrogen) atoms. The van der Waals surface area contributed by atoms with Crippen LogP contribution in [0.4, 0.5) is 5.82 Å². The summed E-state index contributed by atoms with van der Waals surface area (Å²) in [6.45, 7) is 6.11. The third-order valence-electron chi connectivity index (χ3n) is 8.84. The van der Waals surface area contributed by atoms with Crippen molar-refractivity contribution in [2.75, 3.05) is 12.0 Å². The minimum absolute atomic E-state index is 0.248. The number of fused-ring (bicyclic) bond motifs is 2. The van der Waals surface area contributed by atoms with Gasteiger partial charge >= 0.3 is 0 Å². The first-order valence-electron chi connectivity index (χ1n) is 15.9. The van der Waals surface area contributed by atoms with Crippen molar-refractivity contribution < 1.29 is 0 Å². The van der Waals surface area contributed by atoms with Crippen molar-refractivity contribution in [3.63, 3.8) is 0 Å². The molecule has 3 fully saturated rings. The van der Waals surface area contributed by atoms with Crippen LogP contribution in [0.3, 0.4) is 0 Å². The summed E-state index contributed by atoms with van der Waals surface area (Å²) in [7, 11) is 0. The van der Waals surface area contributed by atoms with E-state index in [4.69, 9.17) is 26.8 Å². The highest BCUT2D eigenvalue weighted by Crippen LogP contribution is 2.46. The smallest absolute Gasteiger partial charge is 0.148 e. The third kappa shape index (κ3) is 7.58. The maximum absolute atomic E-state index is 7.41. The Morgan fingerprint density at radius 1 is 1.09 bits per heavy atom. The van der Waals surface area contributed by atoms with Gasteiger partial charge in [-0.1, -0.05) is 52.2 Å². The predicted octanol–water partition coefficient (Wildman–Crippen LogP) is 7.34. The van der Waals surface area contributed by atoms with Crippen molar-refractivity contribution in [3.8, 4) is 11.1 Å². The molecule has 6 N–H and O–H groups in total. The average Bonchev–Trinajstić information content (AvgIpc) is 3.33. The number of nitrogens with zero attached hydrogens (tertiary/aromatic N) is 5. The third-order valence-corrected chi connectivity index (χ3v) is 9.60. The number of nitrogens with two attached hydrogens (primary N) is 2. The first kappa shape index (κ1) is 32.5. The van der Waals surface area contributed by atoms with E-state index < -0.39 is 0 Å². The van der Waals surface area contributed by atoms with E-state index in [9.17, 15) is 0 Å². The Bertz CT molecular complexity index is 1310. The molecule has 0 radical (unpaired) electrons. The summed E-state index contributed by atoms with van der Waals surface area (Å²) < 4.78 is 0. The van der Waals surface area contributed by atoms with Gasteiger partial charge in [0, 0.05) is 58.0 Å². The number of aromatic amines is 1. The van der Waals surface area contributed by atoms with Gasteiger partial charge in [-0.3, -0.25) is 15.5 Å². The SMILES string of the molecule is CC.CCC=C(C(N)=NC=N)N1C2CC[C@H]1CC(c1nc(N)c(-c3ccc(C4CCCCC4)nc3)cn[nH]cc1SC)C2. The molecule has 1 aliphatic carbocycles. The van der Waals surface area contributed by atoms with Crippen LogP contribution in [-0.2, 0) is 0 Å². The molecule has 9 nitrogen and oxygen atoms in total. The van der Waals surface area contributed by atoms with Crippen LogP contribution in [0.2, 0.25) is 0 Å². The Kier molecular flexibility index (Phi) is 12.0. The quantitative estimate of drug-likeness (QED) is 0.140. The van der Waals surface area contributed by atoms with Gasteiger partial charge in [0.15, 0.2) is 0 Å². The lowest BCUT2D eigenvalue weighted by Gasteiger charge is -2.41. The van der Waals surface area contributed by atoms with Gasteiger partial charge in [-0.05, 0) is 57.3 Å². The Labute approximate surface area is 261 Å². The van der Waals surface area contributed by atoms with E-state index in [1.807, 2.05) is 26.2 Å². The number of rotatable bonds is 8. The van der Waals surface area contributed by atoms with E-state index in [1.54, 1.807) is 18.0 Å². The standard InChI is InChI=1S/C31H43N9S.C2H6/c1-3-7-27(31(34)36-19-32)40-23-11-12-24(40)15-22(14-23)29-28(41-2)18-38-37-17-25(30(33)39-29)21-10-13-26(35-16-21)20-8-5-4-6-9-20;1-2/h7,10,13,16-20,22-24,38H,3-6,8-9,11-12,14-15,33H2,1-2H3,(H3,32,34,36);1-2H3/t22?,23-,24?;/m0./s1. The topological polar surface area (TPSA) is 146 Å². The van der Waals surface area contributed by atoms with Crippen LogP contribution in [0, 0.1) is 5.41 Å². The average molecular weight is 604 g/mol. The minimum atomic E-state index is 0.248. The van der Waals surface area contributed by atoms with Crippen LogP contribution < -0.4 is 11.5 Å². The van der Waals surface area contributed by atoms with Crippen molar-refractivity contribution in [2.45, 2.75) is 114 Å². The Balaban J connectivity index is 0.00000207. The van der Waals surface area contributed by atoms with Crippen LogP contribution >= 0.6 is 11.8 Å². The zero-order valence-corrected chi connectivity index (χ0v) is 27.0. The van der Waals surface area contributed by atoms with E-state index in [0.29, 0.717) is 29.7 Å². The monoisotopic (exact) mass is 603 g/mol. The second-order valence-corrected chi connectivity index (χ2v) is 12.2. The number of anilines is 1. The molecule has 1 saturated carbocycles. The number of aromatic nitrogens is 4. The summed E-state index contributed by atoms with van der Waals surface area (Å²) in [6.07, 6.45) is 22.2. The molecule has 5 rings (SSSR count). The maximum Gasteiger partial charge on any atom is 0.148 e. The van der Waals surface area contributed by atoms with Crippen LogP contribution in [0.1, 0.15) is 108 Å². The van der Waals surface area contributed by atoms with Crippen molar-refractivity contribution in [2.24, 2.45) is 10.7 Å². The summed E-state index contributed by atoms with van der Waals surface area (Å²) in [5, 5.41) is 15.0. The molecule has 2 aliphatic heterocycles. The van der Waals surface area contributed by atoms with Crippen LogP contribution in [0.25, 0.3) is 11.1 Å². The fourth-order valence-corrected chi connectivity index (χ4v) is 7.52. The summed E-state index contributed by atoms with van der Waals surface area (Å²) in [5.41, 5.74) is 17.9. The lowest BCUT2D eigenvalue weighted by atomic mass is 9.86. The highest BCUT2D eigenvalue weighted by molar-refractivity contribution is 7.98. The molecule has 0 spiro atoms. The van der Waals surface area contributed by atoms with Gasteiger partial charge < -0.3 is 16.4 Å². The molecule has 2 aromatic heterocycles. The molecular weight excluding hydrogens is 554 g/mol. The summed E-state index contributed by atoms with van der Waals surface area (Å²) in [6, 6.07) is 4.93. The first-order chi connectivity index (χ1) is 21.0. The number of allylic oxidation sites excluding steroid dienone is 1. The van der Waals surface area contributed by atoms with Crippen LogP contribution in [-0.4, -0.2) is 55.6 Å². The molecule has 4 heterocycles. The van der Waals surface area contributed by atoms with Gasteiger partial charge in [0.25, 0.3) is 0 Å². The van der Waals surface area contributed by atoms with Crippen molar-refractivity contribution in [1.29, 1.82) is 5.41 Å². The number of pyridine rings is 1. The predicted molar refractivity (Wildman–Crippen MR) is 180 cm³/mol. The van der Waals surface area contributed by atoms with Crippen LogP contribution in [0.5, 0.6) is 0 Å². The van der Waals surface area contributed by atoms with Crippen molar-refractivity contribution >= 4 is 29.8 Å². The number of amidine groups is 1. The highest BCUT2D eigenvalue weighted by Gasteiger charge is 2.43. The number of thioether (sulfide) groups is 1. The molecular formula is C33H49N9S. The largest absolute Gasteiger partial charge is 0.383 e. The number of nitrogen functional groups attached to an aromatic ring is 1. The van der Waals surface area contributed by atoms with E-state index >= 15 is 0 Å². The highest BCUT2D eigenvalue weighted by atomic mass is 32.2. The van der Waals surface area contributed by atoms with Gasteiger partial charge in [-0.15, -0.1) is 11.8 Å². The fraction of sp³-hybridized carbons (Fsp3) is 0.545. The second-order valence-electron chi connectivity index (χ2n) is 11.3. The molecule has 10 heteroatoms. The number of aliphatic imine (C=N–C) groups is 1. The molecule has 0 amide bonds. The zero-order chi connectivity index (χ0) is 30.8.